The van der Waals surface area contributed by atoms with Crippen LogP contribution in [0.1, 0.15) is 20.3 Å². The lowest BCUT2D eigenvalue weighted by atomic mass is 9.91. The molecule has 6 nitrogen and oxygen atoms in total. The molecule has 0 spiro atoms. The van der Waals surface area contributed by atoms with E-state index in [-0.39, 0.29) is 6.61 Å². The molecule has 0 amide bonds. The third-order valence-corrected chi connectivity index (χ3v) is 2.31. The average molecular weight is 272 g/mol. The minimum Gasteiger partial charge on any atom is -0.466 e. The summed E-state index contributed by atoms with van der Waals surface area (Å²) in [7, 11) is 0. The fourth-order valence-corrected chi connectivity index (χ4v) is 1.53. The highest BCUT2D eigenvalue weighted by Gasteiger charge is 2.53. The van der Waals surface area contributed by atoms with E-state index < -0.39 is 41.5 Å². The zero-order chi connectivity index (χ0) is 14.5. The van der Waals surface area contributed by atoms with Gasteiger partial charge in [-0.05, 0) is 13.8 Å². The molecular formula is C9H15F3N2O4. The normalized spacial score (nSPS) is 16.8. The second-order valence-corrected chi connectivity index (χ2v) is 3.79. The van der Waals surface area contributed by atoms with Crippen molar-refractivity contribution in [1.29, 1.82) is 0 Å². The summed E-state index contributed by atoms with van der Waals surface area (Å²) in [6, 6.07) is -3.41. The Hall–Kier alpha value is -1.38. The first kappa shape index (κ1) is 16.6. The Morgan fingerprint density at radius 3 is 2.28 bits per heavy atom. The van der Waals surface area contributed by atoms with Gasteiger partial charge in [0, 0.05) is 4.92 Å². The standard InChI is InChI=1S/C9H15F3N2O4/c1-3-18-7(15)4-6(9(10,11)12)8(5(2)13)14(16)17/h5-6,8H,3-4,13H2,1-2H3/t5-,6?,8-/m0/s1. The smallest absolute Gasteiger partial charge is 0.399 e. The number of carbonyl (C=O) groups is 1. The number of hydrogen-bond donors (Lipinski definition) is 1. The molecule has 0 radical (unpaired) electrons. The van der Waals surface area contributed by atoms with Crippen LogP contribution in [0.3, 0.4) is 0 Å². The molecule has 1 unspecified atom stereocenters. The summed E-state index contributed by atoms with van der Waals surface area (Å²) in [6.45, 7) is 2.43. The first-order valence-corrected chi connectivity index (χ1v) is 5.22. The van der Waals surface area contributed by atoms with Gasteiger partial charge in [-0.3, -0.25) is 14.9 Å². The third-order valence-electron chi connectivity index (χ3n) is 2.31. The van der Waals surface area contributed by atoms with E-state index in [1.54, 1.807) is 0 Å². The van der Waals surface area contributed by atoms with Gasteiger partial charge in [0.1, 0.15) is 5.92 Å². The summed E-state index contributed by atoms with van der Waals surface area (Å²) in [5, 5.41) is 10.6. The molecule has 0 saturated heterocycles. The highest BCUT2D eigenvalue weighted by Crippen LogP contribution is 2.34. The monoisotopic (exact) mass is 272 g/mol. The van der Waals surface area contributed by atoms with Crippen LogP contribution in [0.4, 0.5) is 13.2 Å². The van der Waals surface area contributed by atoms with Crippen molar-refractivity contribution < 1.29 is 27.6 Å². The molecule has 0 rings (SSSR count). The molecule has 0 aliphatic heterocycles. The molecule has 2 N–H and O–H groups in total. The number of hydrogen-bond acceptors (Lipinski definition) is 5. The predicted octanol–water partition coefficient (Wildman–Crippen LogP) is 1.11. The zero-order valence-electron chi connectivity index (χ0n) is 9.94. The average Bonchev–Trinajstić information content (AvgIpc) is 2.14. The van der Waals surface area contributed by atoms with Gasteiger partial charge < -0.3 is 10.5 Å². The van der Waals surface area contributed by atoms with Crippen molar-refractivity contribution in [3.8, 4) is 0 Å². The maximum absolute atomic E-state index is 12.7. The van der Waals surface area contributed by atoms with Crippen LogP contribution in [-0.2, 0) is 9.53 Å². The van der Waals surface area contributed by atoms with Crippen molar-refractivity contribution >= 4 is 5.97 Å². The molecule has 18 heavy (non-hydrogen) atoms. The van der Waals surface area contributed by atoms with Gasteiger partial charge in [-0.2, -0.15) is 13.2 Å². The lowest BCUT2D eigenvalue weighted by Crippen LogP contribution is -2.49. The number of alkyl halides is 3. The number of halogens is 3. The van der Waals surface area contributed by atoms with Crippen molar-refractivity contribution in [1.82, 2.24) is 0 Å². The van der Waals surface area contributed by atoms with Gasteiger partial charge in [-0.1, -0.05) is 0 Å². The third kappa shape index (κ3) is 4.86. The van der Waals surface area contributed by atoms with Crippen LogP contribution >= 0.6 is 0 Å². The topological polar surface area (TPSA) is 95.5 Å². The number of esters is 1. The van der Waals surface area contributed by atoms with Gasteiger partial charge in [0.05, 0.1) is 19.1 Å². The van der Waals surface area contributed by atoms with Crippen LogP contribution in [0.2, 0.25) is 0 Å². The van der Waals surface area contributed by atoms with Crippen LogP contribution in [0.15, 0.2) is 0 Å². The lowest BCUT2D eigenvalue weighted by molar-refractivity contribution is -0.544. The molecule has 0 aliphatic rings. The minimum absolute atomic E-state index is 0.0925. The highest BCUT2D eigenvalue weighted by molar-refractivity contribution is 5.69. The molecule has 0 saturated carbocycles. The maximum atomic E-state index is 12.7. The Morgan fingerprint density at radius 1 is 1.50 bits per heavy atom. The van der Waals surface area contributed by atoms with E-state index in [1.807, 2.05) is 0 Å². The van der Waals surface area contributed by atoms with Gasteiger partial charge in [0.25, 0.3) is 0 Å². The SMILES string of the molecule is CCOC(=O)CC([C@H]([C@H](C)N)[N+](=O)[O-])C(F)(F)F. The van der Waals surface area contributed by atoms with Gasteiger partial charge in [0.15, 0.2) is 0 Å². The van der Waals surface area contributed by atoms with Gasteiger partial charge >= 0.3 is 12.1 Å². The van der Waals surface area contributed by atoms with Crippen molar-refractivity contribution in [2.24, 2.45) is 11.7 Å². The summed E-state index contributed by atoms with van der Waals surface area (Å²) in [5.74, 6) is -3.58. The van der Waals surface area contributed by atoms with Gasteiger partial charge in [-0.25, -0.2) is 0 Å². The van der Waals surface area contributed by atoms with Crippen LogP contribution in [0, 0.1) is 16.0 Å². The van der Waals surface area contributed by atoms with E-state index in [4.69, 9.17) is 5.73 Å². The first-order chi connectivity index (χ1) is 8.11. The van der Waals surface area contributed by atoms with E-state index >= 15 is 0 Å². The maximum Gasteiger partial charge on any atom is 0.399 e. The van der Waals surface area contributed by atoms with Crippen molar-refractivity contribution in [2.45, 2.75) is 38.5 Å². The summed E-state index contributed by atoms with van der Waals surface area (Å²) in [5.41, 5.74) is 5.19. The molecular weight excluding hydrogens is 257 g/mol. The van der Waals surface area contributed by atoms with E-state index in [1.165, 1.54) is 6.92 Å². The van der Waals surface area contributed by atoms with Crippen molar-refractivity contribution in [3.63, 3.8) is 0 Å². The number of carbonyl (C=O) groups excluding carboxylic acids is 1. The molecule has 0 aliphatic carbocycles. The van der Waals surface area contributed by atoms with Gasteiger partial charge in [-0.15, -0.1) is 0 Å². The molecule has 0 aromatic rings. The Balaban J connectivity index is 5.09. The molecule has 106 valence electrons. The predicted molar refractivity (Wildman–Crippen MR) is 55.2 cm³/mol. The fraction of sp³-hybridized carbons (Fsp3) is 0.889. The number of rotatable bonds is 6. The van der Waals surface area contributed by atoms with Crippen LogP contribution in [0.5, 0.6) is 0 Å². The first-order valence-electron chi connectivity index (χ1n) is 5.22. The Labute approximate surface area is 101 Å². The summed E-state index contributed by atoms with van der Waals surface area (Å²) >= 11 is 0. The van der Waals surface area contributed by atoms with E-state index in [0.29, 0.717) is 0 Å². The summed E-state index contributed by atoms with van der Waals surface area (Å²) in [4.78, 5) is 20.6. The number of nitro groups is 1. The summed E-state index contributed by atoms with van der Waals surface area (Å²) in [6.07, 6.45) is -6.00. The molecule has 0 heterocycles. The van der Waals surface area contributed by atoms with E-state index in [0.717, 1.165) is 6.92 Å². The van der Waals surface area contributed by atoms with Gasteiger partial charge in [0.2, 0.25) is 6.04 Å². The lowest BCUT2D eigenvalue weighted by Gasteiger charge is -2.24. The molecule has 9 heteroatoms. The number of nitrogens with two attached hydrogens (primary N) is 1. The zero-order valence-corrected chi connectivity index (χ0v) is 9.94. The molecule has 0 fully saturated rings. The molecule has 3 atom stereocenters. The van der Waals surface area contributed by atoms with Crippen molar-refractivity contribution in [3.05, 3.63) is 10.1 Å². The number of ether oxygens (including phenoxy) is 1. The second kappa shape index (κ2) is 6.53. The quantitative estimate of drug-likeness (QED) is 0.444. The second-order valence-electron chi connectivity index (χ2n) is 3.79. The summed E-state index contributed by atoms with van der Waals surface area (Å²) < 4.78 is 42.5. The van der Waals surface area contributed by atoms with Crippen LogP contribution in [-0.4, -0.2) is 35.8 Å². The van der Waals surface area contributed by atoms with Crippen LogP contribution in [0.25, 0.3) is 0 Å². The highest BCUT2D eigenvalue weighted by atomic mass is 19.4. The van der Waals surface area contributed by atoms with Crippen LogP contribution < -0.4 is 5.73 Å². The van der Waals surface area contributed by atoms with E-state index in [2.05, 4.69) is 4.74 Å². The number of nitrogens with zero attached hydrogens (tertiary/aromatic N) is 1. The molecule has 0 aromatic carbocycles. The largest absolute Gasteiger partial charge is 0.466 e. The Kier molecular flexibility index (Phi) is 6.02. The van der Waals surface area contributed by atoms with Crippen molar-refractivity contribution in [2.75, 3.05) is 6.61 Å². The Morgan fingerprint density at radius 2 is 2.00 bits per heavy atom. The minimum atomic E-state index is -4.89. The molecule has 0 bridgehead atoms. The fourth-order valence-electron chi connectivity index (χ4n) is 1.53. The Bertz CT molecular complexity index is 307. The molecule has 0 aromatic heterocycles. The van der Waals surface area contributed by atoms with E-state index in [9.17, 15) is 28.1 Å².